The van der Waals surface area contributed by atoms with E-state index in [4.69, 9.17) is 21.1 Å². The molecular formula is C25H22ClIN2O5S. The topological polar surface area (TPSA) is 90.1 Å². The number of halogens is 2. The Kier molecular flexibility index (Phi) is 7.67. The van der Waals surface area contributed by atoms with Crippen LogP contribution in [0.3, 0.4) is 0 Å². The van der Waals surface area contributed by atoms with Gasteiger partial charge in [0.15, 0.2) is 16.3 Å². The van der Waals surface area contributed by atoms with Gasteiger partial charge in [-0.1, -0.05) is 35.1 Å². The first-order valence-corrected chi connectivity index (χ1v) is 13.1. The summed E-state index contributed by atoms with van der Waals surface area (Å²) in [4.78, 5) is 31.6. The molecule has 7 nitrogen and oxygen atoms in total. The fourth-order valence-electron chi connectivity index (χ4n) is 3.85. The highest BCUT2D eigenvalue weighted by Crippen LogP contribution is 2.33. The molecule has 0 aliphatic carbocycles. The third-order valence-corrected chi connectivity index (χ3v) is 7.41. The minimum absolute atomic E-state index is 0.0588. The Morgan fingerprint density at radius 2 is 1.97 bits per heavy atom. The van der Waals surface area contributed by atoms with E-state index in [1.807, 2.05) is 29.5 Å². The third-order valence-electron chi connectivity index (χ3n) is 5.35. The first-order valence-electron chi connectivity index (χ1n) is 10.9. The molecule has 0 bridgehead atoms. The van der Waals surface area contributed by atoms with Crippen molar-refractivity contribution in [3.05, 3.63) is 87.1 Å². The average molecular weight is 625 g/mol. The molecule has 182 valence electrons. The maximum absolute atomic E-state index is 13.7. The summed E-state index contributed by atoms with van der Waals surface area (Å²) in [5.41, 5.74) is 1.94. The monoisotopic (exact) mass is 624 g/mol. The van der Waals surface area contributed by atoms with Crippen LogP contribution in [0.5, 0.6) is 11.5 Å². The fraction of sp³-hybridized carbons (Fsp3) is 0.240. The molecule has 1 N–H and O–H groups in total. The average Bonchev–Trinajstić information content (AvgIpc) is 3.11. The predicted molar refractivity (Wildman–Crippen MR) is 144 cm³/mol. The number of aromatic nitrogens is 1. The van der Waals surface area contributed by atoms with Crippen LogP contribution in [0.15, 0.2) is 57.5 Å². The molecule has 0 unspecified atom stereocenters. The number of nitrogens with zero attached hydrogens (tertiary/aromatic N) is 2. The molecule has 1 aromatic heterocycles. The maximum atomic E-state index is 13.7. The first-order chi connectivity index (χ1) is 16.7. The number of ether oxygens (including phenoxy) is 2. The van der Waals surface area contributed by atoms with Crippen molar-refractivity contribution < 1.29 is 19.4 Å². The molecular weight excluding hydrogens is 603 g/mol. The summed E-state index contributed by atoms with van der Waals surface area (Å²) in [5.74, 6) is -0.112. The van der Waals surface area contributed by atoms with Crippen molar-refractivity contribution in [1.29, 1.82) is 0 Å². The summed E-state index contributed by atoms with van der Waals surface area (Å²) in [7, 11) is 0. The van der Waals surface area contributed by atoms with Gasteiger partial charge in [0, 0.05) is 5.02 Å². The summed E-state index contributed by atoms with van der Waals surface area (Å²) in [6, 6.07) is 9.77. The largest absolute Gasteiger partial charge is 0.504 e. The number of allylic oxidation sites excluding steroid dienone is 1. The molecule has 0 amide bonds. The minimum Gasteiger partial charge on any atom is -0.504 e. The number of hydrogen-bond donors (Lipinski definition) is 1. The highest BCUT2D eigenvalue weighted by atomic mass is 127. The van der Waals surface area contributed by atoms with Crippen LogP contribution in [0.4, 0.5) is 0 Å². The van der Waals surface area contributed by atoms with E-state index in [0.29, 0.717) is 47.1 Å². The Hall–Kier alpha value is -2.63. The van der Waals surface area contributed by atoms with E-state index in [1.165, 1.54) is 15.9 Å². The van der Waals surface area contributed by atoms with E-state index in [1.54, 1.807) is 56.3 Å². The van der Waals surface area contributed by atoms with Crippen molar-refractivity contribution in [2.24, 2.45) is 4.99 Å². The zero-order chi connectivity index (χ0) is 25.3. The van der Waals surface area contributed by atoms with Gasteiger partial charge in [-0.05, 0) is 84.8 Å². The van der Waals surface area contributed by atoms with Gasteiger partial charge in [0.25, 0.3) is 5.56 Å². The lowest BCUT2D eigenvalue weighted by atomic mass is 9.96. The Balaban J connectivity index is 1.93. The number of carbonyl (C=O) groups is 1. The van der Waals surface area contributed by atoms with Crippen molar-refractivity contribution in [3.8, 4) is 11.5 Å². The smallest absolute Gasteiger partial charge is 0.338 e. The zero-order valence-electron chi connectivity index (χ0n) is 19.2. The number of fused-ring (bicyclic) bond motifs is 1. The van der Waals surface area contributed by atoms with Gasteiger partial charge in [-0.15, -0.1) is 0 Å². The van der Waals surface area contributed by atoms with Gasteiger partial charge in [0.05, 0.1) is 38.6 Å². The van der Waals surface area contributed by atoms with Crippen LogP contribution >= 0.6 is 45.5 Å². The molecule has 2 aromatic carbocycles. The van der Waals surface area contributed by atoms with Gasteiger partial charge in [0.1, 0.15) is 0 Å². The number of aromatic hydroxyl groups is 1. The summed E-state index contributed by atoms with van der Waals surface area (Å²) in [6.07, 6.45) is 1.73. The van der Waals surface area contributed by atoms with E-state index in [-0.39, 0.29) is 17.9 Å². The summed E-state index contributed by atoms with van der Waals surface area (Å²) >= 11 is 9.34. The molecule has 10 heteroatoms. The molecule has 3 aromatic rings. The lowest BCUT2D eigenvalue weighted by molar-refractivity contribution is -0.139. The van der Waals surface area contributed by atoms with Crippen LogP contribution in [0.2, 0.25) is 5.02 Å². The first kappa shape index (κ1) is 25.5. The van der Waals surface area contributed by atoms with E-state index >= 15 is 0 Å². The molecule has 1 atom stereocenters. The molecule has 1 aliphatic heterocycles. The number of rotatable bonds is 6. The fourth-order valence-corrected chi connectivity index (χ4v) is 5.64. The molecule has 0 saturated heterocycles. The van der Waals surface area contributed by atoms with E-state index < -0.39 is 12.0 Å². The van der Waals surface area contributed by atoms with E-state index in [2.05, 4.69) is 4.99 Å². The second-order valence-corrected chi connectivity index (χ2v) is 10.2. The molecule has 35 heavy (non-hydrogen) atoms. The highest BCUT2D eigenvalue weighted by molar-refractivity contribution is 14.1. The third kappa shape index (κ3) is 5.03. The Morgan fingerprint density at radius 3 is 2.63 bits per heavy atom. The number of benzene rings is 2. The van der Waals surface area contributed by atoms with Gasteiger partial charge in [-0.3, -0.25) is 9.36 Å². The summed E-state index contributed by atoms with van der Waals surface area (Å²) in [5, 5.41) is 10.8. The standard InChI is InChI=1S/C25H22ClIN2O5S/c1-4-33-18-11-14(10-17(27)22(18)30)12-19-23(31)29-21(15-6-8-16(26)9-7-15)20(24(32)34-5-2)13(3)28-25(29)35-19/h6-12,21,30H,4-5H2,1-3H3/b19-12+/t21-/m0/s1. The molecule has 0 spiro atoms. The maximum Gasteiger partial charge on any atom is 0.338 e. The van der Waals surface area contributed by atoms with Crippen LogP contribution in [-0.4, -0.2) is 28.9 Å². The van der Waals surface area contributed by atoms with Gasteiger partial charge < -0.3 is 14.6 Å². The lowest BCUT2D eigenvalue weighted by Gasteiger charge is -2.24. The summed E-state index contributed by atoms with van der Waals surface area (Å²) < 4.78 is 13.4. The number of phenolic OH excluding ortho intramolecular Hbond substituents is 1. The Labute approximate surface area is 224 Å². The van der Waals surface area contributed by atoms with Crippen molar-refractivity contribution >= 4 is 57.6 Å². The second kappa shape index (κ2) is 10.5. The van der Waals surface area contributed by atoms with Crippen LogP contribution in [0.1, 0.15) is 37.9 Å². The van der Waals surface area contributed by atoms with Crippen LogP contribution in [0, 0.1) is 3.57 Å². The summed E-state index contributed by atoms with van der Waals surface area (Å²) in [6.45, 7) is 5.90. The van der Waals surface area contributed by atoms with Crippen molar-refractivity contribution in [2.75, 3.05) is 13.2 Å². The highest BCUT2D eigenvalue weighted by Gasteiger charge is 2.33. The second-order valence-electron chi connectivity index (χ2n) is 7.64. The van der Waals surface area contributed by atoms with E-state index in [9.17, 15) is 14.7 Å². The number of hydrogen-bond acceptors (Lipinski definition) is 7. The van der Waals surface area contributed by atoms with Crippen molar-refractivity contribution in [1.82, 2.24) is 4.57 Å². The van der Waals surface area contributed by atoms with Gasteiger partial charge in [-0.2, -0.15) is 0 Å². The SMILES string of the molecule is CCOC(=O)C1=C(C)N=c2s/c(=C/c3cc(I)c(O)c(OCC)c3)c(=O)n2[C@H]1c1ccc(Cl)cc1. The quantitative estimate of drug-likeness (QED) is 0.329. The van der Waals surface area contributed by atoms with E-state index in [0.717, 1.165) is 5.56 Å². The van der Waals surface area contributed by atoms with Gasteiger partial charge >= 0.3 is 5.97 Å². The van der Waals surface area contributed by atoms with Crippen LogP contribution in [-0.2, 0) is 9.53 Å². The molecule has 2 heterocycles. The Morgan fingerprint density at radius 1 is 1.26 bits per heavy atom. The number of phenols is 1. The van der Waals surface area contributed by atoms with Crippen LogP contribution < -0.4 is 19.6 Å². The Bertz CT molecular complexity index is 1510. The predicted octanol–water partition coefficient (Wildman–Crippen LogP) is 4.16. The number of esters is 1. The normalized spacial score (nSPS) is 15.6. The molecule has 4 rings (SSSR count). The van der Waals surface area contributed by atoms with Crippen molar-refractivity contribution in [2.45, 2.75) is 26.8 Å². The number of thiazole rings is 1. The van der Waals surface area contributed by atoms with Gasteiger partial charge in [-0.25, -0.2) is 9.79 Å². The molecule has 1 aliphatic rings. The van der Waals surface area contributed by atoms with Crippen LogP contribution in [0.25, 0.3) is 6.08 Å². The minimum atomic E-state index is -0.705. The number of carbonyl (C=O) groups excluding carboxylic acids is 1. The van der Waals surface area contributed by atoms with Crippen molar-refractivity contribution in [3.63, 3.8) is 0 Å². The molecule has 0 saturated carbocycles. The molecule has 0 fully saturated rings. The van der Waals surface area contributed by atoms with Gasteiger partial charge in [0.2, 0.25) is 0 Å². The lowest BCUT2D eigenvalue weighted by Crippen LogP contribution is -2.39. The zero-order valence-corrected chi connectivity index (χ0v) is 22.9. The molecule has 0 radical (unpaired) electrons.